The Kier molecular flexibility index (Phi) is 5.67. The first kappa shape index (κ1) is 10.7. The molecule has 10 heavy (non-hydrogen) atoms. The Morgan fingerprint density at radius 2 is 1.90 bits per heavy atom. The molecule has 5 nitrogen and oxygen atoms in total. The van der Waals surface area contributed by atoms with Crippen molar-refractivity contribution in [2.24, 2.45) is 0 Å². The van der Waals surface area contributed by atoms with E-state index in [2.05, 4.69) is 41.4 Å². The van der Waals surface area contributed by atoms with Crippen LogP contribution in [0.15, 0.2) is 0 Å². The largest absolute Gasteiger partial charge is 0.535 e. The molecule has 0 rings (SSSR count). The summed E-state index contributed by atoms with van der Waals surface area (Å²) in [6, 6.07) is 0. The predicted octanol–water partition coefficient (Wildman–Crippen LogP) is 2.40. The summed E-state index contributed by atoms with van der Waals surface area (Å²) in [5.74, 6) is 0. The second-order valence-corrected chi connectivity index (χ2v) is 3.21. The van der Waals surface area contributed by atoms with E-state index in [4.69, 9.17) is 0 Å². The molecule has 0 aromatic heterocycles. The topological polar surface area (TPSA) is 54.0 Å². The standard InChI is InChI=1S/C2H5Cl2O5P/c1-2-6-9-10(5,7-3)8-4/h2H2,1H3. The first-order valence-corrected chi connectivity index (χ1v) is 4.28. The summed E-state index contributed by atoms with van der Waals surface area (Å²) in [5.41, 5.74) is 0. The molecule has 0 saturated heterocycles. The van der Waals surface area contributed by atoms with Crippen molar-refractivity contribution in [3.63, 3.8) is 0 Å². The molecule has 0 amide bonds. The van der Waals surface area contributed by atoms with Gasteiger partial charge < -0.3 is 0 Å². The van der Waals surface area contributed by atoms with Crippen molar-refractivity contribution in [2.45, 2.75) is 6.92 Å². The van der Waals surface area contributed by atoms with Gasteiger partial charge in [-0.25, -0.2) is 9.45 Å². The molecular formula is C2H5Cl2O5P. The van der Waals surface area contributed by atoms with Gasteiger partial charge in [-0.15, -0.1) is 4.67 Å². The third-order valence-electron chi connectivity index (χ3n) is 0.431. The fraction of sp³-hybridized carbons (Fsp3) is 1.00. The van der Waals surface area contributed by atoms with E-state index in [9.17, 15) is 4.57 Å². The van der Waals surface area contributed by atoms with Crippen molar-refractivity contribution in [3.8, 4) is 0 Å². The number of rotatable bonds is 5. The third-order valence-corrected chi connectivity index (χ3v) is 2.07. The van der Waals surface area contributed by atoms with Crippen molar-refractivity contribution in [1.82, 2.24) is 0 Å². The van der Waals surface area contributed by atoms with E-state index >= 15 is 0 Å². The Hall–Kier alpha value is 0.650. The van der Waals surface area contributed by atoms with Crippen molar-refractivity contribution in [2.75, 3.05) is 6.61 Å². The molecule has 0 aliphatic carbocycles. The lowest BCUT2D eigenvalue weighted by Gasteiger charge is -2.05. The van der Waals surface area contributed by atoms with Gasteiger partial charge in [0.25, 0.3) is 0 Å². The fourth-order valence-corrected chi connectivity index (χ4v) is 0.846. The van der Waals surface area contributed by atoms with Crippen LogP contribution in [0.4, 0.5) is 0 Å². The molecule has 0 N–H and O–H groups in total. The number of hydrogen-bond acceptors (Lipinski definition) is 5. The summed E-state index contributed by atoms with van der Waals surface area (Å²) in [4.78, 5) is 4.20. The Balaban J connectivity index is 3.70. The van der Waals surface area contributed by atoms with Gasteiger partial charge in [-0.2, -0.15) is 8.15 Å². The summed E-state index contributed by atoms with van der Waals surface area (Å²) in [5, 5.41) is 0. The minimum absolute atomic E-state index is 0.171. The highest BCUT2D eigenvalue weighted by Crippen LogP contribution is 2.51. The normalized spacial score (nSPS) is 11.9. The maximum Gasteiger partial charge on any atom is 0.535 e. The maximum absolute atomic E-state index is 10.7. The summed E-state index contributed by atoms with van der Waals surface area (Å²) in [6.07, 6.45) is 0. The quantitative estimate of drug-likeness (QED) is 0.397. The zero-order valence-corrected chi connectivity index (χ0v) is 7.36. The second kappa shape index (κ2) is 5.32. The van der Waals surface area contributed by atoms with Crippen LogP contribution in [-0.2, 0) is 22.3 Å². The SMILES string of the molecule is CCOOP(=O)(OCl)OCl. The Morgan fingerprint density at radius 3 is 2.20 bits per heavy atom. The number of phosphoric acid groups is 1. The van der Waals surface area contributed by atoms with Gasteiger partial charge in [0, 0.05) is 0 Å². The minimum atomic E-state index is -3.89. The summed E-state index contributed by atoms with van der Waals surface area (Å²) in [6.45, 7) is 1.78. The van der Waals surface area contributed by atoms with E-state index in [0.717, 1.165) is 0 Å². The lowest BCUT2D eigenvalue weighted by atomic mass is 10.9. The molecule has 0 atom stereocenters. The lowest BCUT2D eigenvalue weighted by molar-refractivity contribution is -0.214. The van der Waals surface area contributed by atoms with Gasteiger partial charge in [-0.05, 0) is 6.92 Å². The van der Waals surface area contributed by atoms with E-state index in [1.54, 1.807) is 6.92 Å². The maximum atomic E-state index is 10.7. The van der Waals surface area contributed by atoms with E-state index in [1.165, 1.54) is 0 Å². The van der Waals surface area contributed by atoms with Crippen LogP contribution < -0.4 is 0 Å². The molecule has 0 spiro atoms. The number of hydrogen-bond donors (Lipinski definition) is 0. The van der Waals surface area contributed by atoms with Gasteiger partial charge in [0.1, 0.15) is 0 Å². The molecule has 0 saturated carbocycles. The molecule has 0 unspecified atom stereocenters. The van der Waals surface area contributed by atoms with Crippen LogP contribution in [0.1, 0.15) is 6.92 Å². The molecule has 0 aliphatic heterocycles. The van der Waals surface area contributed by atoms with Crippen molar-refractivity contribution in [3.05, 3.63) is 0 Å². The molecule has 8 heteroatoms. The van der Waals surface area contributed by atoms with Crippen LogP contribution in [0.2, 0.25) is 0 Å². The summed E-state index contributed by atoms with van der Waals surface area (Å²) < 4.78 is 22.1. The van der Waals surface area contributed by atoms with Crippen LogP contribution in [0.3, 0.4) is 0 Å². The van der Waals surface area contributed by atoms with Crippen LogP contribution in [0, 0.1) is 0 Å². The average molecular weight is 211 g/mol. The molecule has 0 bridgehead atoms. The van der Waals surface area contributed by atoms with Gasteiger partial charge >= 0.3 is 7.82 Å². The van der Waals surface area contributed by atoms with Crippen molar-refractivity contribution < 1.29 is 22.3 Å². The average Bonchev–Trinajstić information content (AvgIpc) is 2.00. The Morgan fingerprint density at radius 1 is 1.40 bits per heavy atom. The molecule has 0 radical (unpaired) electrons. The predicted molar refractivity (Wildman–Crippen MR) is 34.2 cm³/mol. The van der Waals surface area contributed by atoms with Crippen molar-refractivity contribution >= 4 is 31.6 Å². The van der Waals surface area contributed by atoms with E-state index in [-0.39, 0.29) is 6.61 Å². The zero-order chi connectivity index (χ0) is 8.04. The monoisotopic (exact) mass is 210 g/mol. The van der Waals surface area contributed by atoms with Crippen LogP contribution in [0.25, 0.3) is 0 Å². The Labute approximate surface area is 68.0 Å². The molecule has 0 aliphatic rings. The summed E-state index contributed by atoms with van der Waals surface area (Å²) >= 11 is 9.33. The van der Waals surface area contributed by atoms with Crippen LogP contribution >= 0.6 is 31.6 Å². The van der Waals surface area contributed by atoms with Gasteiger partial charge in [-0.1, -0.05) is 0 Å². The second-order valence-electron chi connectivity index (χ2n) is 1.07. The van der Waals surface area contributed by atoms with Gasteiger partial charge in [-0.3, -0.25) is 0 Å². The highest BCUT2D eigenvalue weighted by atomic mass is 35.5. The lowest BCUT2D eigenvalue weighted by Crippen LogP contribution is -1.92. The molecule has 0 heterocycles. The Bertz CT molecular complexity index is 121. The minimum Gasteiger partial charge on any atom is -0.227 e. The number of halogens is 2. The zero-order valence-electron chi connectivity index (χ0n) is 4.95. The fourth-order valence-electron chi connectivity index (χ4n) is 0.151. The summed E-state index contributed by atoms with van der Waals surface area (Å²) in [7, 11) is -3.89. The molecule has 0 aromatic rings. The van der Waals surface area contributed by atoms with Gasteiger partial charge in [0.15, 0.2) is 0 Å². The third kappa shape index (κ3) is 3.73. The van der Waals surface area contributed by atoms with Crippen LogP contribution in [0.5, 0.6) is 0 Å². The van der Waals surface area contributed by atoms with E-state index in [0.29, 0.717) is 0 Å². The van der Waals surface area contributed by atoms with E-state index in [1.807, 2.05) is 0 Å². The first-order chi connectivity index (χ1) is 4.68. The molecule has 0 fully saturated rings. The first-order valence-electron chi connectivity index (χ1n) is 2.20. The molecule has 0 aromatic carbocycles. The van der Waals surface area contributed by atoms with Crippen LogP contribution in [-0.4, -0.2) is 6.61 Å². The molecular weight excluding hydrogens is 206 g/mol. The van der Waals surface area contributed by atoms with Crippen molar-refractivity contribution in [1.29, 1.82) is 0 Å². The van der Waals surface area contributed by atoms with Gasteiger partial charge in [0.05, 0.1) is 30.3 Å². The highest BCUT2D eigenvalue weighted by molar-refractivity contribution is 7.50. The smallest absolute Gasteiger partial charge is 0.227 e. The molecule has 62 valence electrons. The van der Waals surface area contributed by atoms with E-state index < -0.39 is 7.82 Å². The van der Waals surface area contributed by atoms with Gasteiger partial charge in [0.2, 0.25) is 0 Å². The highest BCUT2D eigenvalue weighted by Gasteiger charge is 2.28.